The standard InChI is InChI=1S/C11H13NO2S/c1-7(13)9-3-5-10(6-4-9)11(14)12-8(2)15/h3-6,8,15H,1-2H3,(H,12,14). The minimum absolute atomic E-state index is 0.00970. The smallest absolute Gasteiger partial charge is 0.252 e. The number of hydrogen-bond acceptors (Lipinski definition) is 3. The lowest BCUT2D eigenvalue weighted by atomic mass is 10.1. The molecule has 1 amide bonds. The van der Waals surface area contributed by atoms with Gasteiger partial charge in [0.2, 0.25) is 0 Å². The first-order valence-corrected chi connectivity index (χ1v) is 5.12. The molecule has 1 aromatic carbocycles. The molecule has 15 heavy (non-hydrogen) atoms. The third-order valence-electron chi connectivity index (χ3n) is 1.89. The first kappa shape index (κ1) is 11.8. The maximum absolute atomic E-state index is 11.5. The van der Waals surface area contributed by atoms with Crippen LogP contribution in [0.3, 0.4) is 0 Å². The Labute approximate surface area is 94.3 Å². The number of thiol groups is 1. The van der Waals surface area contributed by atoms with E-state index in [-0.39, 0.29) is 17.1 Å². The van der Waals surface area contributed by atoms with Gasteiger partial charge in [0.15, 0.2) is 5.78 Å². The van der Waals surface area contributed by atoms with E-state index in [1.54, 1.807) is 31.2 Å². The van der Waals surface area contributed by atoms with Gasteiger partial charge in [-0.25, -0.2) is 0 Å². The van der Waals surface area contributed by atoms with E-state index < -0.39 is 0 Å². The molecule has 0 aliphatic carbocycles. The monoisotopic (exact) mass is 223 g/mol. The van der Waals surface area contributed by atoms with Crippen molar-refractivity contribution >= 4 is 24.3 Å². The average molecular weight is 223 g/mol. The lowest BCUT2D eigenvalue weighted by Crippen LogP contribution is -2.28. The van der Waals surface area contributed by atoms with Crippen LogP contribution in [0.1, 0.15) is 34.6 Å². The fraction of sp³-hybridized carbons (Fsp3) is 0.273. The second-order valence-electron chi connectivity index (χ2n) is 3.28. The minimum Gasteiger partial charge on any atom is -0.341 e. The highest BCUT2D eigenvalue weighted by atomic mass is 32.1. The normalized spacial score (nSPS) is 11.9. The highest BCUT2D eigenvalue weighted by molar-refractivity contribution is 7.80. The van der Waals surface area contributed by atoms with E-state index in [0.717, 1.165) is 0 Å². The minimum atomic E-state index is -0.190. The third-order valence-corrected chi connectivity index (χ3v) is 2.02. The maximum Gasteiger partial charge on any atom is 0.252 e. The van der Waals surface area contributed by atoms with Crippen molar-refractivity contribution in [3.63, 3.8) is 0 Å². The van der Waals surface area contributed by atoms with Gasteiger partial charge in [-0.1, -0.05) is 12.1 Å². The maximum atomic E-state index is 11.5. The summed E-state index contributed by atoms with van der Waals surface area (Å²) in [7, 11) is 0. The first-order chi connectivity index (χ1) is 7.00. The van der Waals surface area contributed by atoms with Crippen molar-refractivity contribution in [3.05, 3.63) is 35.4 Å². The molecule has 80 valence electrons. The van der Waals surface area contributed by atoms with Crippen LogP contribution in [0, 0.1) is 0 Å². The number of nitrogens with one attached hydrogen (secondary N) is 1. The van der Waals surface area contributed by atoms with Crippen LogP contribution in [-0.2, 0) is 0 Å². The van der Waals surface area contributed by atoms with Crippen LogP contribution >= 0.6 is 12.6 Å². The van der Waals surface area contributed by atoms with Crippen LogP contribution in [0.2, 0.25) is 0 Å². The predicted molar refractivity (Wildman–Crippen MR) is 62.4 cm³/mol. The molecule has 1 atom stereocenters. The summed E-state index contributed by atoms with van der Waals surface area (Å²) in [6.07, 6.45) is 0. The first-order valence-electron chi connectivity index (χ1n) is 4.60. The third kappa shape index (κ3) is 3.40. The SMILES string of the molecule is CC(=O)c1ccc(C(=O)NC(C)S)cc1. The molecule has 0 spiro atoms. The zero-order valence-corrected chi connectivity index (χ0v) is 9.54. The Morgan fingerprint density at radius 1 is 1.20 bits per heavy atom. The predicted octanol–water partition coefficient (Wildman–Crippen LogP) is 1.89. The molecular formula is C11H13NO2S. The number of amides is 1. The van der Waals surface area contributed by atoms with Crippen molar-refractivity contribution < 1.29 is 9.59 Å². The van der Waals surface area contributed by atoms with Gasteiger partial charge in [-0.15, -0.1) is 0 Å². The van der Waals surface area contributed by atoms with E-state index >= 15 is 0 Å². The van der Waals surface area contributed by atoms with Crippen molar-refractivity contribution in [2.45, 2.75) is 19.2 Å². The summed E-state index contributed by atoms with van der Waals surface area (Å²) in [5, 5.41) is 2.46. The van der Waals surface area contributed by atoms with Gasteiger partial charge in [-0.3, -0.25) is 9.59 Å². The molecule has 1 unspecified atom stereocenters. The van der Waals surface area contributed by atoms with Crippen LogP contribution in [0.5, 0.6) is 0 Å². The van der Waals surface area contributed by atoms with Crippen molar-refractivity contribution in [2.24, 2.45) is 0 Å². The largest absolute Gasteiger partial charge is 0.341 e. The number of carbonyl (C=O) groups is 2. The second kappa shape index (κ2) is 4.98. The molecule has 0 bridgehead atoms. The van der Waals surface area contributed by atoms with Crippen molar-refractivity contribution in [1.29, 1.82) is 0 Å². The van der Waals surface area contributed by atoms with Crippen molar-refractivity contribution in [2.75, 3.05) is 0 Å². The topological polar surface area (TPSA) is 46.2 Å². The summed E-state index contributed by atoms with van der Waals surface area (Å²) < 4.78 is 0. The molecule has 0 aliphatic rings. The van der Waals surface area contributed by atoms with Gasteiger partial charge in [0, 0.05) is 11.1 Å². The fourth-order valence-corrected chi connectivity index (χ4v) is 1.25. The van der Waals surface area contributed by atoms with Gasteiger partial charge < -0.3 is 5.32 Å². The van der Waals surface area contributed by atoms with Crippen LogP contribution < -0.4 is 5.32 Å². The van der Waals surface area contributed by atoms with Crippen molar-refractivity contribution in [3.8, 4) is 0 Å². The zero-order chi connectivity index (χ0) is 11.4. The fourth-order valence-electron chi connectivity index (χ4n) is 1.13. The number of rotatable bonds is 3. The summed E-state index contributed by atoms with van der Waals surface area (Å²) in [6.45, 7) is 3.26. The molecule has 3 nitrogen and oxygen atoms in total. The van der Waals surface area contributed by atoms with Gasteiger partial charge in [0.1, 0.15) is 0 Å². The number of carbonyl (C=O) groups excluding carboxylic acids is 2. The summed E-state index contributed by atoms with van der Waals surface area (Å²) in [5.41, 5.74) is 1.13. The zero-order valence-electron chi connectivity index (χ0n) is 8.65. The van der Waals surface area contributed by atoms with Crippen LogP contribution in [0.15, 0.2) is 24.3 Å². The Balaban J connectivity index is 2.80. The Bertz CT molecular complexity index is 371. The molecular weight excluding hydrogens is 210 g/mol. The molecule has 0 aliphatic heterocycles. The molecule has 1 aromatic rings. The summed E-state index contributed by atoms with van der Waals surface area (Å²) >= 11 is 4.05. The number of hydrogen-bond donors (Lipinski definition) is 2. The van der Waals surface area contributed by atoms with E-state index in [0.29, 0.717) is 11.1 Å². The molecule has 0 heterocycles. The summed E-state index contributed by atoms with van der Waals surface area (Å²) in [5.74, 6) is -0.197. The molecule has 1 rings (SSSR count). The number of ketones is 1. The van der Waals surface area contributed by atoms with Crippen LogP contribution in [-0.4, -0.2) is 17.1 Å². The number of benzene rings is 1. The van der Waals surface area contributed by atoms with E-state index in [4.69, 9.17) is 0 Å². The van der Waals surface area contributed by atoms with Crippen molar-refractivity contribution in [1.82, 2.24) is 5.32 Å². The molecule has 0 saturated carbocycles. The van der Waals surface area contributed by atoms with E-state index in [9.17, 15) is 9.59 Å². The lowest BCUT2D eigenvalue weighted by Gasteiger charge is -2.07. The highest BCUT2D eigenvalue weighted by Crippen LogP contribution is 2.05. The molecule has 0 radical (unpaired) electrons. The van der Waals surface area contributed by atoms with Gasteiger partial charge >= 0.3 is 0 Å². The molecule has 1 N–H and O–H groups in total. The lowest BCUT2D eigenvalue weighted by molar-refractivity contribution is 0.0950. The van der Waals surface area contributed by atoms with Gasteiger partial charge in [0.25, 0.3) is 5.91 Å². The molecule has 0 fully saturated rings. The Kier molecular flexibility index (Phi) is 3.91. The van der Waals surface area contributed by atoms with E-state index in [2.05, 4.69) is 17.9 Å². The Hall–Kier alpha value is -1.29. The van der Waals surface area contributed by atoms with Crippen LogP contribution in [0.4, 0.5) is 0 Å². The average Bonchev–Trinajstić information content (AvgIpc) is 2.17. The number of Topliss-reactive ketones (excluding diaryl/α,β-unsaturated/α-hetero) is 1. The summed E-state index contributed by atoms with van der Waals surface area (Å²) in [6, 6.07) is 6.53. The van der Waals surface area contributed by atoms with E-state index in [1.807, 2.05) is 0 Å². The summed E-state index contributed by atoms with van der Waals surface area (Å²) in [4.78, 5) is 22.5. The van der Waals surface area contributed by atoms with E-state index in [1.165, 1.54) is 6.92 Å². The Morgan fingerprint density at radius 3 is 2.07 bits per heavy atom. The van der Waals surface area contributed by atoms with Crippen LogP contribution in [0.25, 0.3) is 0 Å². The molecule has 4 heteroatoms. The highest BCUT2D eigenvalue weighted by Gasteiger charge is 2.07. The molecule has 0 aromatic heterocycles. The van der Waals surface area contributed by atoms with Gasteiger partial charge in [-0.05, 0) is 26.0 Å². The van der Waals surface area contributed by atoms with Gasteiger partial charge in [-0.2, -0.15) is 12.6 Å². The Morgan fingerprint density at radius 2 is 1.67 bits per heavy atom. The second-order valence-corrected chi connectivity index (χ2v) is 4.06. The van der Waals surface area contributed by atoms with Gasteiger partial charge in [0.05, 0.1) is 5.37 Å². The quantitative estimate of drug-likeness (QED) is 0.467. The molecule has 0 saturated heterocycles.